The minimum Gasteiger partial charge on any atom is -0.508 e. The first kappa shape index (κ1) is 22.4. The number of aliphatic hydroxyl groups is 2. The second kappa shape index (κ2) is 7.70. The fraction of sp³-hybridized carbons (Fsp3) is 0.481. The zero-order valence-corrected chi connectivity index (χ0v) is 20.0. The number of rotatable bonds is 5. The zero-order valence-electron chi connectivity index (χ0n) is 20.0. The van der Waals surface area contributed by atoms with Gasteiger partial charge in [0.15, 0.2) is 17.6 Å². The van der Waals surface area contributed by atoms with Gasteiger partial charge in [0.25, 0.3) is 5.91 Å². The predicted molar refractivity (Wildman–Crippen MR) is 129 cm³/mol. The van der Waals surface area contributed by atoms with E-state index in [0.717, 1.165) is 24.2 Å². The van der Waals surface area contributed by atoms with Gasteiger partial charge in [0, 0.05) is 24.3 Å². The fourth-order valence-electron chi connectivity index (χ4n) is 6.53. The van der Waals surface area contributed by atoms with E-state index in [-0.39, 0.29) is 23.1 Å². The van der Waals surface area contributed by atoms with Crippen molar-refractivity contribution in [2.45, 2.75) is 62.7 Å². The molecule has 6 rings (SSSR count). The van der Waals surface area contributed by atoms with Crippen molar-refractivity contribution in [2.75, 3.05) is 18.4 Å². The lowest BCUT2D eigenvalue weighted by Gasteiger charge is -2.59. The molecule has 0 radical (unpaired) electrons. The van der Waals surface area contributed by atoms with Crippen molar-refractivity contribution in [3.8, 4) is 11.5 Å². The molecule has 35 heavy (non-hydrogen) atoms. The highest BCUT2D eigenvalue weighted by atomic mass is 16.5. The minimum absolute atomic E-state index is 0.0244. The number of phenolic OH excluding ortho intramolecular Hbond substituents is 1. The van der Waals surface area contributed by atoms with E-state index in [0.29, 0.717) is 30.3 Å². The van der Waals surface area contributed by atoms with Crippen LogP contribution in [0.5, 0.6) is 11.5 Å². The summed E-state index contributed by atoms with van der Waals surface area (Å²) in [4.78, 5) is 19.5. The lowest BCUT2D eigenvalue weighted by atomic mass is 9.53. The van der Waals surface area contributed by atoms with E-state index in [1.807, 2.05) is 13.0 Å². The summed E-state index contributed by atoms with van der Waals surface area (Å²) < 4.78 is 6.25. The Morgan fingerprint density at radius 3 is 2.80 bits per heavy atom. The maximum atomic E-state index is 13.0. The number of anilines is 1. The Kier molecular flexibility index (Phi) is 4.92. The van der Waals surface area contributed by atoms with Crippen LogP contribution < -0.4 is 10.1 Å². The Hall–Kier alpha value is -3.10. The number of aromatic hydroxyl groups is 1. The van der Waals surface area contributed by atoms with Crippen LogP contribution in [0.1, 0.15) is 44.2 Å². The zero-order chi connectivity index (χ0) is 24.5. The molecule has 8 nitrogen and oxygen atoms in total. The second-order valence-electron chi connectivity index (χ2n) is 10.7. The number of nitrogens with one attached hydrogen (secondary N) is 1. The lowest BCUT2D eigenvalue weighted by molar-refractivity contribution is -0.153. The molecule has 1 aromatic carbocycles. The highest BCUT2D eigenvalue weighted by molar-refractivity contribution is 6.03. The molecule has 1 aromatic heterocycles. The monoisotopic (exact) mass is 477 g/mol. The number of aromatic nitrogens is 1. The van der Waals surface area contributed by atoms with Crippen molar-refractivity contribution in [3.63, 3.8) is 0 Å². The molecule has 3 heterocycles. The van der Waals surface area contributed by atoms with E-state index in [9.17, 15) is 20.1 Å². The molecular formula is C27H31N3O5. The molecule has 4 aliphatic rings. The van der Waals surface area contributed by atoms with Crippen LogP contribution in [0.25, 0.3) is 0 Å². The summed E-state index contributed by atoms with van der Waals surface area (Å²) in [6.07, 6.45) is 4.21. The van der Waals surface area contributed by atoms with Crippen molar-refractivity contribution in [3.05, 3.63) is 59.0 Å². The average Bonchev–Trinajstić information content (AvgIpc) is 3.58. The van der Waals surface area contributed by atoms with Crippen LogP contribution in [0.4, 0.5) is 5.82 Å². The first-order valence-corrected chi connectivity index (χ1v) is 12.3. The van der Waals surface area contributed by atoms with Crippen molar-refractivity contribution in [1.29, 1.82) is 0 Å². The van der Waals surface area contributed by atoms with Crippen LogP contribution in [0, 0.1) is 5.92 Å². The molecule has 0 unspecified atom stereocenters. The fourth-order valence-corrected chi connectivity index (χ4v) is 6.53. The normalized spacial score (nSPS) is 31.9. The molecular weight excluding hydrogens is 446 g/mol. The number of carbonyl (C=O) groups excluding carboxylic acids is 1. The van der Waals surface area contributed by atoms with Gasteiger partial charge in [0.1, 0.15) is 11.6 Å². The number of piperidine rings is 1. The molecule has 4 N–H and O–H groups in total. The third-order valence-electron chi connectivity index (χ3n) is 8.62. The van der Waals surface area contributed by atoms with Crippen molar-refractivity contribution in [2.24, 2.45) is 5.92 Å². The van der Waals surface area contributed by atoms with Crippen LogP contribution in [-0.2, 0) is 16.6 Å². The number of benzene rings is 1. The number of nitrogens with zero attached hydrogens (tertiary/aromatic N) is 2. The van der Waals surface area contributed by atoms with Gasteiger partial charge in [-0.1, -0.05) is 12.1 Å². The molecule has 184 valence electrons. The largest absolute Gasteiger partial charge is 0.508 e. The first-order valence-electron chi connectivity index (χ1n) is 12.3. The molecule has 2 fully saturated rings. The molecule has 4 atom stereocenters. The number of likely N-dealkylation sites (tertiary alicyclic amines) is 1. The van der Waals surface area contributed by atoms with Crippen LogP contribution in [0.2, 0.25) is 0 Å². The number of ether oxygens (including phenoxy) is 1. The van der Waals surface area contributed by atoms with E-state index in [1.165, 1.54) is 19.8 Å². The van der Waals surface area contributed by atoms with Crippen LogP contribution in [0.3, 0.4) is 0 Å². The Balaban J connectivity index is 1.43. The third kappa shape index (κ3) is 3.19. The van der Waals surface area contributed by atoms with Crippen molar-refractivity contribution in [1.82, 2.24) is 9.88 Å². The smallest absolute Gasteiger partial charge is 0.255 e. The topological polar surface area (TPSA) is 115 Å². The van der Waals surface area contributed by atoms with Crippen LogP contribution in [0.15, 0.2) is 47.9 Å². The van der Waals surface area contributed by atoms with Gasteiger partial charge in [-0.3, -0.25) is 9.69 Å². The van der Waals surface area contributed by atoms with E-state index in [4.69, 9.17) is 4.74 Å². The number of hydrogen-bond acceptors (Lipinski definition) is 7. The second-order valence-corrected chi connectivity index (χ2v) is 10.7. The molecule has 2 aliphatic heterocycles. The lowest BCUT2D eigenvalue weighted by Crippen LogP contribution is -2.73. The maximum Gasteiger partial charge on any atom is 0.255 e. The van der Waals surface area contributed by atoms with E-state index in [1.54, 1.807) is 30.5 Å². The SMILES string of the molecule is C/C(C(=O)Nc1ccccn1)=C(/O)[C@@H]1Oc2c(O)ccc3c2[C@@]12CCN(CC1CC1)[C@H](C3)[C@@]2(C)O. The van der Waals surface area contributed by atoms with E-state index < -0.39 is 23.0 Å². The Bertz CT molecular complexity index is 1220. The number of amides is 1. The summed E-state index contributed by atoms with van der Waals surface area (Å²) >= 11 is 0. The quantitative estimate of drug-likeness (QED) is 0.386. The number of hydrogen-bond donors (Lipinski definition) is 4. The summed E-state index contributed by atoms with van der Waals surface area (Å²) in [5.74, 6) is 0.584. The van der Waals surface area contributed by atoms with E-state index in [2.05, 4.69) is 15.2 Å². The predicted octanol–water partition coefficient (Wildman–Crippen LogP) is 3.05. The van der Waals surface area contributed by atoms with Crippen molar-refractivity contribution < 1.29 is 24.9 Å². The molecule has 2 bridgehead atoms. The van der Waals surface area contributed by atoms with Crippen molar-refractivity contribution >= 4 is 11.7 Å². The number of carbonyl (C=O) groups is 1. The van der Waals surface area contributed by atoms with Crippen LogP contribution in [-0.4, -0.2) is 61.9 Å². The van der Waals surface area contributed by atoms with Gasteiger partial charge < -0.3 is 25.4 Å². The van der Waals surface area contributed by atoms with Gasteiger partial charge in [-0.25, -0.2) is 4.98 Å². The summed E-state index contributed by atoms with van der Waals surface area (Å²) in [6, 6.07) is 8.54. The Labute approximate surface area is 204 Å². The Morgan fingerprint density at radius 1 is 1.29 bits per heavy atom. The third-order valence-corrected chi connectivity index (χ3v) is 8.62. The number of aliphatic hydroxyl groups excluding tert-OH is 1. The molecule has 2 aliphatic carbocycles. The van der Waals surface area contributed by atoms with Gasteiger partial charge in [-0.2, -0.15) is 0 Å². The maximum absolute atomic E-state index is 13.0. The summed E-state index contributed by atoms with van der Waals surface area (Å²) in [5.41, 5.74) is -0.374. The standard InChI is InChI=1S/C27H31N3O5/c1-15(25(33)29-20-5-3-4-11-28-20)22(32)24-27-10-12-30(14-16-6-7-16)19(26(27,2)34)13-17-8-9-18(31)23(35-24)21(17)27/h3-5,8-9,11,16,19,24,31-32,34H,6-7,10,12-14H2,1-2H3,(H,28,29,33)/b22-15-/t19-,24+,26-,27+/m1/s1. The molecule has 1 spiro atoms. The number of fused-ring (bicyclic) bond motifs is 1. The highest BCUT2D eigenvalue weighted by Gasteiger charge is 2.69. The van der Waals surface area contributed by atoms with Gasteiger partial charge in [-0.05, 0) is 75.8 Å². The van der Waals surface area contributed by atoms with Gasteiger partial charge in [-0.15, -0.1) is 0 Å². The number of pyridine rings is 1. The number of phenols is 1. The van der Waals surface area contributed by atoms with E-state index >= 15 is 0 Å². The highest BCUT2D eigenvalue weighted by Crippen LogP contribution is 2.63. The molecule has 1 saturated heterocycles. The molecule has 2 aromatic rings. The van der Waals surface area contributed by atoms with Crippen LogP contribution >= 0.6 is 0 Å². The summed E-state index contributed by atoms with van der Waals surface area (Å²) in [7, 11) is 0. The summed E-state index contributed by atoms with van der Waals surface area (Å²) in [5, 5.41) is 37.1. The summed E-state index contributed by atoms with van der Waals surface area (Å²) in [6.45, 7) is 5.06. The molecule has 1 amide bonds. The first-order chi connectivity index (χ1) is 16.7. The Morgan fingerprint density at radius 2 is 2.09 bits per heavy atom. The molecule has 8 heteroatoms. The minimum atomic E-state index is -1.25. The van der Waals surface area contributed by atoms with Gasteiger partial charge in [0.05, 0.1) is 16.6 Å². The average molecular weight is 478 g/mol. The van der Waals surface area contributed by atoms with Gasteiger partial charge >= 0.3 is 0 Å². The van der Waals surface area contributed by atoms with Gasteiger partial charge in [0.2, 0.25) is 0 Å². The molecule has 1 saturated carbocycles.